The molecule has 0 aromatic heterocycles. The molecule has 0 radical (unpaired) electrons. The Hall–Kier alpha value is -1.65. The first-order valence-electron chi connectivity index (χ1n) is 7.97. The van der Waals surface area contributed by atoms with Crippen LogP contribution in [-0.2, 0) is 17.3 Å². The highest BCUT2D eigenvalue weighted by Gasteiger charge is 2.31. The van der Waals surface area contributed by atoms with Crippen molar-refractivity contribution in [3.05, 3.63) is 59.7 Å². The molecule has 1 fully saturated rings. The standard InChI is InChI=1S/C19H23NO2S/c1-22-17-9-7-16(8-10-17)19(15-5-6-15)20-13-14-3-11-18(12-4-14)23(2)21/h3-4,7-12,15,19-20H,5-6,13H2,1-2H3/t19-,23+/m1/s1. The molecular formula is C19H23NO2S. The lowest BCUT2D eigenvalue weighted by atomic mass is 10.0. The smallest absolute Gasteiger partial charge is 0.118 e. The van der Waals surface area contributed by atoms with Crippen molar-refractivity contribution in [2.45, 2.75) is 30.3 Å². The zero-order chi connectivity index (χ0) is 16.2. The van der Waals surface area contributed by atoms with Gasteiger partial charge < -0.3 is 10.1 Å². The van der Waals surface area contributed by atoms with E-state index >= 15 is 0 Å². The van der Waals surface area contributed by atoms with Crippen molar-refractivity contribution in [1.29, 1.82) is 0 Å². The Balaban J connectivity index is 1.66. The van der Waals surface area contributed by atoms with E-state index in [4.69, 9.17) is 4.74 Å². The summed E-state index contributed by atoms with van der Waals surface area (Å²) in [5, 5.41) is 3.68. The molecule has 1 aliphatic rings. The van der Waals surface area contributed by atoms with Gasteiger partial charge in [0, 0.05) is 34.5 Å². The van der Waals surface area contributed by atoms with Gasteiger partial charge in [0.1, 0.15) is 5.75 Å². The highest BCUT2D eigenvalue weighted by atomic mass is 32.2. The van der Waals surface area contributed by atoms with Crippen LogP contribution in [0, 0.1) is 5.92 Å². The third kappa shape index (κ3) is 4.21. The largest absolute Gasteiger partial charge is 0.497 e. The third-order valence-electron chi connectivity index (χ3n) is 4.35. The lowest BCUT2D eigenvalue weighted by Crippen LogP contribution is -2.22. The SMILES string of the molecule is COc1ccc([C@H](NCc2ccc([S@](C)=O)cc2)C2CC2)cc1. The first-order chi connectivity index (χ1) is 11.2. The van der Waals surface area contributed by atoms with Gasteiger partial charge in [-0.25, -0.2) is 0 Å². The number of benzene rings is 2. The molecular weight excluding hydrogens is 306 g/mol. The molecule has 4 heteroatoms. The Morgan fingerprint density at radius 3 is 2.30 bits per heavy atom. The molecule has 0 amide bonds. The molecule has 3 rings (SSSR count). The molecule has 3 nitrogen and oxygen atoms in total. The topological polar surface area (TPSA) is 38.3 Å². The maximum Gasteiger partial charge on any atom is 0.118 e. The van der Waals surface area contributed by atoms with Gasteiger partial charge in [0.2, 0.25) is 0 Å². The van der Waals surface area contributed by atoms with Crippen LogP contribution in [-0.4, -0.2) is 17.6 Å². The predicted molar refractivity (Wildman–Crippen MR) is 94.1 cm³/mol. The molecule has 0 saturated heterocycles. The zero-order valence-corrected chi connectivity index (χ0v) is 14.4. The quantitative estimate of drug-likeness (QED) is 0.842. The maximum absolute atomic E-state index is 11.4. The lowest BCUT2D eigenvalue weighted by molar-refractivity contribution is 0.413. The summed E-state index contributed by atoms with van der Waals surface area (Å²) in [4.78, 5) is 0.877. The van der Waals surface area contributed by atoms with Crippen molar-refractivity contribution in [2.24, 2.45) is 5.92 Å². The minimum atomic E-state index is -0.913. The third-order valence-corrected chi connectivity index (χ3v) is 5.29. The van der Waals surface area contributed by atoms with Crippen molar-refractivity contribution in [3.63, 3.8) is 0 Å². The van der Waals surface area contributed by atoms with Crippen LogP contribution >= 0.6 is 0 Å². The van der Waals surface area contributed by atoms with Gasteiger partial charge in [0.25, 0.3) is 0 Å². The highest BCUT2D eigenvalue weighted by Crippen LogP contribution is 2.41. The van der Waals surface area contributed by atoms with E-state index in [1.165, 1.54) is 24.0 Å². The Bertz CT molecular complexity index is 663. The van der Waals surface area contributed by atoms with E-state index in [2.05, 4.69) is 29.6 Å². The van der Waals surface area contributed by atoms with Gasteiger partial charge in [0.05, 0.1) is 7.11 Å². The van der Waals surface area contributed by atoms with E-state index in [1.807, 2.05) is 24.3 Å². The van der Waals surface area contributed by atoms with Gasteiger partial charge in [-0.2, -0.15) is 0 Å². The number of rotatable bonds is 7. The van der Waals surface area contributed by atoms with Gasteiger partial charge in [-0.05, 0) is 54.2 Å². The number of nitrogens with one attached hydrogen (secondary N) is 1. The summed E-state index contributed by atoms with van der Waals surface area (Å²) in [6, 6.07) is 16.8. The first-order valence-corrected chi connectivity index (χ1v) is 9.53. The van der Waals surface area contributed by atoms with Crippen LogP contribution in [0.3, 0.4) is 0 Å². The number of hydrogen-bond acceptors (Lipinski definition) is 3. The summed E-state index contributed by atoms with van der Waals surface area (Å²) in [5.74, 6) is 1.62. The molecule has 2 atom stereocenters. The molecule has 0 spiro atoms. The van der Waals surface area contributed by atoms with E-state index in [9.17, 15) is 4.21 Å². The van der Waals surface area contributed by atoms with Crippen LogP contribution in [0.2, 0.25) is 0 Å². The lowest BCUT2D eigenvalue weighted by Gasteiger charge is -2.19. The average molecular weight is 329 g/mol. The maximum atomic E-state index is 11.4. The molecule has 0 bridgehead atoms. The molecule has 1 saturated carbocycles. The Morgan fingerprint density at radius 1 is 1.13 bits per heavy atom. The fourth-order valence-corrected chi connectivity index (χ4v) is 3.34. The fraction of sp³-hybridized carbons (Fsp3) is 0.368. The van der Waals surface area contributed by atoms with Crippen molar-refractivity contribution in [1.82, 2.24) is 5.32 Å². The zero-order valence-electron chi connectivity index (χ0n) is 13.6. The number of hydrogen-bond donors (Lipinski definition) is 1. The second kappa shape index (κ2) is 7.28. The van der Waals surface area contributed by atoms with E-state index in [0.29, 0.717) is 6.04 Å². The number of methoxy groups -OCH3 is 1. The highest BCUT2D eigenvalue weighted by molar-refractivity contribution is 7.84. The molecule has 1 aliphatic carbocycles. The summed E-state index contributed by atoms with van der Waals surface area (Å²) in [6.45, 7) is 0.823. The van der Waals surface area contributed by atoms with Crippen LogP contribution in [0.25, 0.3) is 0 Å². The van der Waals surface area contributed by atoms with Crippen LogP contribution in [0.4, 0.5) is 0 Å². The van der Waals surface area contributed by atoms with Crippen LogP contribution in [0.5, 0.6) is 5.75 Å². The average Bonchev–Trinajstić information content (AvgIpc) is 3.41. The minimum Gasteiger partial charge on any atom is -0.497 e. The van der Waals surface area contributed by atoms with Crippen LogP contribution in [0.15, 0.2) is 53.4 Å². The first kappa shape index (κ1) is 16.2. The second-order valence-corrected chi connectivity index (χ2v) is 7.45. The summed E-state index contributed by atoms with van der Waals surface area (Å²) in [6.07, 6.45) is 4.29. The number of ether oxygens (including phenoxy) is 1. The van der Waals surface area contributed by atoms with Gasteiger partial charge in [0.15, 0.2) is 0 Å². The van der Waals surface area contributed by atoms with Crippen molar-refractivity contribution >= 4 is 10.8 Å². The molecule has 2 aromatic rings. The molecule has 2 aromatic carbocycles. The summed E-state index contributed by atoms with van der Waals surface area (Å²) < 4.78 is 16.7. The summed E-state index contributed by atoms with van der Waals surface area (Å²) in [7, 11) is 0.781. The normalized spacial score (nSPS) is 16.8. The van der Waals surface area contributed by atoms with E-state index in [0.717, 1.165) is 23.1 Å². The Kier molecular flexibility index (Phi) is 5.13. The van der Waals surface area contributed by atoms with Gasteiger partial charge >= 0.3 is 0 Å². The second-order valence-electron chi connectivity index (χ2n) is 6.07. The molecule has 0 aliphatic heterocycles. The van der Waals surface area contributed by atoms with Crippen LogP contribution < -0.4 is 10.1 Å². The molecule has 0 unspecified atom stereocenters. The molecule has 1 N–H and O–H groups in total. The van der Waals surface area contributed by atoms with E-state index in [1.54, 1.807) is 13.4 Å². The van der Waals surface area contributed by atoms with Gasteiger partial charge in [-0.3, -0.25) is 4.21 Å². The summed E-state index contributed by atoms with van der Waals surface area (Å²) >= 11 is 0. The van der Waals surface area contributed by atoms with E-state index < -0.39 is 10.8 Å². The Morgan fingerprint density at radius 2 is 1.78 bits per heavy atom. The van der Waals surface area contributed by atoms with Crippen LogP contribution in [0.1, 0.15) is 30.0 Å². The monoisotopic (exact) mass is 329 g/mol. The fourth-order valence-electron chi connectivity index (χ4n) is 2.82. The van der Waals surface area contributed by atoms with Gasteiger partial charge in [-0.1, -0.05) is 24.3 Å². The molecule has 0 heterocycles. The Labute approximate surface area is 140 Å². The van der Waals surface area contributed by atoms with Crippen molar-refractivity contribution in [3.8, 4) is 5.75 Å². The van der Waals surface area contributed by atoms with Crippen molar-refractivity contribution < 1.29 is 8.95 Å². The predicted octanol–water partition coefficient (Wildman–Crippen LogP) is 3.67. The van der Waals surface area contributed by atoms with Gasteiger partial charge in [-0.15, -0.1) is 0 Å². The van der Waals surface area contributed by atoms with Crippen molar-refractivity contribution in [2.75, 3.05) is 13.4 Å². The minimum absolute atomic E-state index is 0.390. The summed E-state index contributed by atoms with van der Waals surface area (Å²) in [5.41, 5.74) is 2.54. The van der Waals surface area contributed by atoms with E-state index in [-0.39, 0.29) is 0 Å². The molecule has 23 heavy (non-hydrogen) atoms. The molecule has 122 valence electrons.